The Bertz CT molecular complexity index is 877. The number of alkyl carbamates (subject to hydrolysis) is 1. The largest absolute Gasteiger partial charge is 0.445 e. The molecule has 4 N–H and O–H groups in total. The van der Waals surface area contributed by atoms with E-state index in [4.69, 9.17) is 10.6 Å². The smallest absolute Gasteiger partial charge is 0.408 e. The summed E-state index contributed by atoms with van der Waals surface area (Å²) in [6.45, 7) is 5.82. The van der Waals surface area contributed by atoms with E-state index in [0.717, 1.165) is 5.56 Å². The van der Waals surface area contributed by atoms with Gasteiger partial charge in [0.15, 0.2) is 0 Å². The molecule has 174 valence electrons. The van der Waals surface area contributed by atoms with Crippen LogP contribution in [0, 0.1) is 5.92 Å². The molecule has 3 rings (SSSR count). The van der Waals surface area contributed by atoms with Gasteiger partial charge in [0.05, 0.1) is 6.04 Å². The van der Waals surface area contributed by atoms with Crippen molar-refractivity contribution in [1.82, 2.24) is 20.5 Å². The van der Waals surface area contributed by atoms with Gasteiger partial charge in [-0.25, -0.2) is 10.6 Å². The topological polar surface area (TPSA) is 134 Å². The normalized spacial score (nSPS) is 23.2. The highest BCUT2D eigenvalue weighted by molar-refractivity contribution is 6.01. The second-order valence-electron chi connectivity index (χ2n) is 8.62. The van der Waals surface area contributed by atoms with Crippen molar-refractivity contribution < 1.29 is 23.9 Å². The molecule has 2 unspecified atom stereocenters. The summed E-state index contributed by atoms with van der Waals surface area (Å²) in [7, 11) is 0. The van der Waals surface area contributed by atoms with Crippen molar-refractivity contribution in [3.63, 3.8) is 0 Å². The predicted molar refractivity (Wildman–Crippen MR) is 116 cm³/mol. The average molecular weight is 446 g/mol. The van der Waals surface area contributed by atoms with Crippen LogP contribution in [0.4, 0.5) is 4.79 Å². The first-order chi connectivity index (χ1) is 15.2. The van der Waals surface area contributed by atoms with Crippen molar-refractivity contribution in [2.45, 2.75) is 57.8 Å². The summed E-state index contributed by atoms with van der Waals surface area (Å²) >= 11 is 0. The number of rotatable bonds is 7. The predicted octanol–water partition coefficient (Wildman–Crippen LogP) is 0.519. The minimum Gasteiger partial charge on any atom is -0.445 e. The number of nitrogens with two attached hydrogens (primary N) is 1. The molecule has 2 heterocycles. The summed E-state index contributed by atoms with van der Waals surface area (Å²) in [4.78, 5) is 53.5. The van der Waals surface area contributed by atoms with Gasteiger partial charge in [0.1, 0.15) is 24.7 Å². The summed E-state index contributed by atoms with van der Waals surface area (Å²) in [5, 5.41) is 2.67. The molecule has 2 saturated heterocycles. The third-order valence-corrected chi connectivity index (χ3v) is 6.37. The Labute approximate surface area is 187 Å². The molecule has 2 aliphatic rings. The SMILES string of the molecule is CC(C)[C@H](NC(=O)OCc1ccccc1)C(=O)N1CCCC12C(=O)N(CC(=O)NN)C2C. The summed E-state index contributed by atoms with van der Waals surface area (Å²) in [5.41, 5.74) is 1.87. The fourth-order valence-corrected chi connectivity index (χ4v) is 4.58. The summed E-state index contributed by atoms with van der Waals surface area (Å²) < 4.78 is 5.28. The van der Waals surface area contributed by atoms with E-state index in [-0.39, 0.29) is 36.9 Å². The highest BCUT2D eigenvalue weighted by Crippen LogP contribution is 2.44. The van der Waals surface area contributed by atoms with Gasteiger partial charge < -0.3 is 19.9 Å². The maximum atomic E-state index is 13.5. The van der Waals surface area contributed by atoms with Gasteiger partial charge in [-0.2, -0.15) is 0 Å². The number of likely N-dealkylation sites (tertiary alicyclic amines) is 2. The van der Waals surface area contributed by atoms with E-state index in [1.54, 1.807) is 4.90 Å². The molecule has 1 aromatic rings. The maximum Gasteiger partial charge on any atom is 0.408 e. The molecule has 1 spiro atoms. The van der Waals surface area contributed by atoms with E-state index in [1.807, 2.05) is 56.5 Å². The lowest BCUT2D eigenvalue weighted by atomic mass is 9.77. The van der Waals surface area contributed by atoms with Crippen LogP contribution in [-0.2, 0) is 25.7 Å². The van der Waals surface area contributed by atoms with E-state index in [1.165, 1.54) is 4.90 Å². The minimum absolute atomic E-state index is 0.0903. The average Bonchev–Trinajstić information content (AvgIpc) is 3.26. The Morgan fingerprint density at radius 1 is 1.25 bits per heavy atom. The van der Waals surface area contributed by atoms with Crippen LogP contribution in [0.1, 0.15) is 39.2 Å². The molecule has 10 heteroatoms. The second-order valence-corrected chi connectivity index (χ2v) is 8.62. The van der Waals surface area contributed by atoms with E-state index in [0.29, 0.717) is 19.4 Å². The van der Waals surface area contributed by atoms with Gasteiger partial charge in [-0.3, -0.25) is 19.8 Å². The van der Waals surface area contributed by atoms with Crippen molar-refractivity contribution in [1.29, 1.82) is 0 Å². The number of ether oxygens (including phenoxy) is 1. The molecule has 0 aromatic heterocycles. The first-order valence-electron chi connectivity index (χ1n) is 10.8. The third-order valence-electron chi connectivity index (χ3n) is 6.37. The molecule has 2 aliphatic heterocycles. The van der Waals surface area contributed by atoms with Gasteiger partial charge >= 0.3 is 6.09 Å². The number of β-lactam (4-membered cyclic amide) rings is 1. The van der Waals surface area contributed by atoms with E-state index in [9.17, 15) is 19.2 Å². The molecule has 1 aromatic carbocycles. The summed E-state index contributed by atoms with van der Waals surface area (Å²) in [6.07, 6.45) is 0.494. The van der Waals surface area contributed by atoms with Gasteiger partial charge in [0.2, 0.25) is 5.91 Å². The molecular weight excluding hydrogens is 414 g/mol. The minimum atomic E-state index is -0.991. The van der Waals surface area contributed by atoms with Crippen LogP contribution >= 0.6 is 0 Å². The molecule has 2 fully saturated rings. The van der Waals surface area contributed by atoms with Gasteiger partial charge in [-0.15, -0.1) is 0 Å². The standard InChI is InChI=1S/C22H31N5O5/c1-14(2)18(24-21(31)32-13-16-8-5-4-6-9-16)19(29)27-11-7-10-22(27)15(3)26(20(22)30)12-17(28)25-23/h4-6,8-9,14-15,18H,7,10-13,23H2,1-3H3,(H,24,31)(H,25,28)/t15?,18-,22?/m0/s1. The lowest BCUT2D eigenvalue weighted by Gasteiger charge is -2.56. The molecule has 0 aliphatic carbocycles. The zero-order valence-electron chi connectivity index (χ0n) is 18.7. The molecule has 10 nitrogen and oxygen atoms in total. The van der Waals surface area contributed by atoms with Crippen LogP contribution in [0.3, 0.4) is 0 Å². The lowest BCUT2D eigenvalue weighted by Crippen LogP contribution is -2.79. The number of hydrazine groups is 1. The van der Waals surface area contributed by atoms with Gasteiger partial charge in [-0.05, 0) is 31.2 Å². The maximum absolute atomic E-state index is 13.5. The Kier molecular flexibility index (Phi) is 7.02. The first kappa shape index (κ1) is 23.5. The van der Waals surface area contributed by atoms with Gasteiger partial charge in [0, 0.05) is 6.54 Å². The zero-order valence-corrected chi connectivity index (χ0v) is 18.7. The molecule has 4 amide bonds. The summed E-state index contributed by atoms with van der Waals surface area (Å²) in [6, 6.07) is 8.07. The Hall–Kier alpha value is -3.14. The number of benzene rings is 1. The van der Waals surface area contributed by atoms with E-state index < -0.39 is 23.6 Å². The van der Waals surface area contributed by atoms with Crippen molar-refractivity contribution >= 4 is 23.8 Å². The number of carbonyl (C=O) groups is 4. The molecule has 32 heavy (non-hydrogen) atoms. The second kappa shape index (κ2) is 9.56. The molecule has 0 bridgehead atoms. The van der Waals surface area contributed by atoms with Gasteiger partial charge in [-0.1, -0.05) is 44.2 Å². The van der Waals surface area contributed by atoms with Crippen LogP contribution < -0.4 is 16.6 Å². The number of amides is 4. The quantitative estimate of drug-likeness (QED) is 0.242. The number of carbonyl (C=O) groups excluding carboxylic acids is 4. The summed E-state index contributed by atoms with van der Waals surface area (Å²) in [5.74, 6) is 3.86. The number of nitrogens with zero attached hydrogens (tertiary/aromatic N) is 2. The number of nitrogens with one attached hydrogen (secondary N) is 2. The first-order valence-corrected chi connectivity index (χ1v) is 10.8. The van der Waals surface area contributed by atoms with Crippen LogP contribution in [0.25, 0.3) is 0 Å². The zero-order chi connectivity index (χ0) is 23.5. The third kappa shape index (κ3) is 4.27. The molecule has 0 saturated carbocycles. The van der Waals surface area contributed by atoms with Crippen LogP contribution in [0.2, 0.25) is 0 Å². The van der Waals surface area contributed by atoms with E-state index in [2.05, 4.69) is 5.32 Å². The fourth-order valence-electron chi connectivity index (χ4n) is 4.58. The Morgan fingerprint density at radius 3 is 2.53 bits per heavy atom. The fraction of sp³-hybridized carbons (Fsp3) is 0.545. The number of hydrogen-bond acceptors (Lipinski definition) is 6. The highest BCUT2D eigenvalue weighted by atomic mass is 16.5. The van der Waals surface area contributed by atoms with Gasteiger partial charge in [0.25, 0.3) is 11.8 Å². The monoisotopic (exact) mass is 445 g/mol. The Balaban J connectivity index is 1.68. The van der Waals surface area contributed by atoms with Crippen molar-refractivity contribution in [2.75, 3.05) is 13.1 Å². The van der Waals surface area contributed by atoms with Crippen LogP contribution in [-0.4, -0.2) is 64.3 Å². The van der Waals surface area contributed by atoms with Crippen molar-refractivity contribution in [2.24, 2.45) is 11.8 Å². The molecular formula is C22H31N5O5. The number of hydrogen-bond donors (Lipinski definition) is 3. The van der Waals surface area contributed by atoms with Crippen molar-refractivity contribution in [3.05, 3.63) is 35.9 Å². The van der Waals surface area contributed by atoms with Crippen LogP contribution in [0.5, 0.6) is 0 Å². The lowest BCUT2D eigenvalue weighted by molar-refractivity contribution is -0.179. The van der Waals surface area contributed by atoms with E-state index >= 15 is 0 Å². The highest BCUT2D eigenvalue weighted by Gasteiger charge is 2.65. The molecule has 3 atom stereocenters. The van der Waals surface area contributed by atoms with Crippen LogP contribution in [0.15, 0.2) is 30.3 Å². The molecule has 0 radical (unpaired) electrons. The Morgan fingerprint density at radius 2 is 1.94 bits per heavy atom. The van der Waals surface area contributed by atoms with Crippen molar-refractivity contribution in [3.8, 4) is 0 Å².